The first-order chi connectivity index (χ1) is 12.2. The Bertz CT molecular complexity index is 749. The average molecular weight is 393 g/mol. The number of hydrogen-bond acceptors (Lipinski definition) is 4. The van der Waals surface area contributed by atoms with E-state index in [0.717, 1.165) is 5.56 Å². The quantitative estimate of drug-likeness (QED) is 0.301. The molecule has 0 aliphatic carbocycles. The number of Topliss-reactive ketones (excluding diaryl/α,β-unsaturated/α-hetero) is 1. The van der Waals surface area contributed by atoms with Gasteiger partial charge in [-0.2, -0.15) is 0 Å². The summed E-state index contributed by atoms with van der Waals surface area (Å²) < 4.78 is 13.5. The molecule has 2 aromatic carbocycles. The lowest BCUT2D eigenvalue weighted by Gasteiger charge is -2.24. The molecule has 6 heteroatoms. The van der Waals surface area contributed by atoms with Crippen molar-refractivity contribution in [3.63, 3.8) is 0 Å². The lowest BCUT2D eigenvalue weighted by molar-refractivity contribution is -0.155. The molecule has 26 heavy (non-hydrogen) atoms. The smallest absolute Gasteiger partial charge is 0.321 e. The number of benzene rings is 2. The van der Waals surface area contributed by atoms with E-state index in [1.807, 2.05) is 6.07 Å². The number of ketones is 1. The van der Waals surface area contributed by atoms with Crippen LogP contribution in [0.3, 0.4) is 0 Å². The number of carbonyl (C=O) groups is 2. The lowest BCUT2D eigenvalue weighted by Crippen LogP contribution is -2.32. The van der Waals surface area contributed by atoms with E-state index in [2.05, 4.69) is 0 Å². The maximum Gasteiger partial charge on any atom is 0.321 e. The third-order valence-corrected chi connectivity index (χ3v) is 3.82. The molecular weight excluding hydrogens is 371 g/mol. The van der Waals surface area contributed by atoms with Gasteiger partial charge in [0.15, 0.2) is 5.78 Å². The maximum absolute atomic E-state index is 13.1. The van der Waals surface area contributed by atoms with Crippen LogP contribution in [0.1, 0.15) is 48.2 Å². The maximum atomic E-state index is 13.1. The second-order valence-electron chi connectivity index (χ2n) is 6.67. The molecule has 0 radical (unpaired) electrons. The zero-order valence-corrected chi connectivity index (χ0v) is 17.0. The normalized spacial score (nSPS) is 11.7. The SMILES string of the molecule is Cc1cccc(Cl)c1C(=O)C(C(=O)OC(C)(C)C)c1ccccc1.O=P. The molecular formula is C20H22ClO4P. The lowest BCUT2D eigenvalue weighted by atomic mass is 9.88. The number of hydrogen-bond donors (Lipinski definition) is 0. The predicted molar refractivity (Wildman–Crippen MR) is 105 cm³/mol. The van der Waals surface area contributed by atoms with E-state index in [-0.39, 0.29) is 5.78 Å². The summed E-state index contributed by atoms with van der Waals surface area (Å²) in [7, 11) is 1.72. The van der Waals surface area contributed by atoms with Gasteiger partial charge < -0.3 is 4.74 Å². The van der Waals surface area contributed by atoms with Gasteiger partial charge >= 0.3 is 5.97 Å². The minimum Gasteiger partial charge on any atom is -0.459 e. The minimum atomic E-state index is -1.04. The topological polar surface area (TPSA) is 60.4 Å². The van der Waals surface area contributed by atoms with Gasteiger partial charge in [0.25, 0.3) is 0 Å². The highest BCUT2D eigenvalue weighted by atomic mass is 35.5. The average Bonchev–Trinajstić information content (AvgIpc) is 2.56. The Labute approximate surface area is 161 Å². The Morgan fingerprint density at radius 3 is 2.08 bits per heavy atom. The Hall–Kier alpha value is -2.03. The standard InChI is InChI=1S/C20H21ClO3.HOP/c1-13-9-8-12-15(21)16(13)18(22)17(14-10-6-5-7-11-14)19(23)24-20(2,3)4;1-2/h5-12,17H,1-4H3;2H. The van der Waals surface area contributed by atoms with E-state index >= 15 is 0 Å². The van der Waals surface area contributed by atoms with Gasteiger partial charge in [0.1, 0.15) is 20.6 Å². The monoisotopic (exact) mass is 392 g/mol. The van der Waals surface area contributed by atoms with Gasteiger partial charge in [-0.15, -0.1) is 0 Å². The van der Waals surface area contributed by atoms with Crippen molar-refractivity contribution in [1.82, 2.24) is 0 Å². The summed E-state index contributed by atoms with van der Waals surface area (Å²) in [5.74, 6) is -1.96. The summed E-state index contributed by atoms with van der Waals surface area (Å²) >= 11 is 6.22. The minimum absolute atomic E-state index is 0.337. The summed E-state index contributed by atoms with van der Waals surface area (Å²) in [6, 6.07) is 14.1. The highest BCUT2D eigenvalue weighted by molar-refractivity contribution is 7.00. The molecule has 1 atom stereocenters. The molecule has 0 aliphatic heterocycles. The molecule has 0 N–H and O–H groups in total. The molecule has 138 valence electrons. The van der Waals surface area contributed by atoms with Gasteiger partial charge in [0.2, 0.25) is 0 Å². The molecule has 0 heterocycles. The van der Waals surface area contributed by atoms with Crippen LogP contribution >= 0.6 is 20.7 Å². The van der Waals surface area contributed by atoms with Crippen LogP contribution in [-0.4, -0.2) is 17.4 Å². The first-order valence-electron chi connectivity index (χ1n) is 7.98. The second kappa shape index (κ2) is 9.61. The number of rotatable bonds is 4. The van der Waals surface area contributed by atoms with Crippen LogP contribution in [0, 0.1) is 6.92 Å². The van der Waals surface area contributed by atoms with Crippen molar-refractivity contribution in [1.29, 1.82) is 0 Å². The largest absolute Gasteiger partial charge is 0.459 e. The Morgan fingerprint density at radius 2 is 1.58 bits per heavy atom. The Balaban J connectivity index is 0.00000163. The van der Waals surface area contributed by atoms with Gasteiger partial charge in [-0.3, -0.25) is 14.2 Å². The number of carbonyl (C=O) groups excluding carboxylic acids is 2. The highest BCUT2D eigenvalue weighted by Gasteiger charge is 2.34. The number of esters is 1. The zero-order chi connectivity index (χ0) is 19.9. The first kappa shape index (κ1) is 22.0. The van der Waals surface area contributed by atoms with Crippen molar-refractivity contribution >= 4 is 32.5 Å². The van der Waals surface area contributed by atoms with Crippen LogP contribution in [0.25, 0.3) is 0 Å². The third-order valence-electron chi connectivity index (χ3n) is 3.51. The molecule has 2 rings (SSSR count). The van der Waals surface area contributed by atoms with E-state index < -0.39 is 17.5 Å². The highest BCUT2D eigenvalue weighted by Crippen LogP contribution is 2.29. The van der Waals surface area contributed by atoms with Gasteiger partial charge in [0.05, 0.1) is 5.02 Å². The van der Waals surface area contributed by atoms with Crippen molar-refractivity contribution in [3.05, 3.63) is 70.2 Å². The third kappa shape index (κ3) is 5.76. The van der Waals surface area contributed by atoms with Crippen molar-refractivity contribution in [2.45, 2.75) is 39.2 Å². The molecule has 0 fully saturated rings. The van der Waals surface area contributed by atoms with Crippen LogP contribution in [0.5, 0.6) is 0 Å². The zero-order valence-electron chi connectivity index (χ0n) is 15.2. The number of halogens is 1. The summed E-state index contributed by atoms with van der Waals surface area (Å²) in [4.78, 5) is 25.8. The summed E-state index contributed by atoms with van der Waals surface area (Å²) in [5, 5.41) is 0.337. The molecule has 0 aromatic heterocycles. The van der Waals surface area contributed by atoms with Crippen LogP contribution in [0.4, 0.5) is 0 Å². The van der Waals surface area contributed by atoms with Crippen LogP contribution in [-0.2, 0) is 14.1 Å². The van der Waals surface area contributed by atoms with Gasteiger partial charge in [0, 0.05) is 5.56 Å². The fraction of sp³-hybridized carbons (Fsp3) is 0.300. The van der Waals surface area contributed by atoms with Gasteiger partial charge in [-0.1, -0.05) is 54.1 Å². The van der Waals surface area contributed by atoms with E-state index in [0.29, 0.717) is 16.1 Å². The Kier molecular flexibility index (Phi) is 8.13. The number of aryl methyl sites for hydroxylation is 1. The van der Waals surface area contributed by atoms with Crippen LogP contribution in [0.2, 0.25) is 5.02 Å². The van der Waals surface area contributed by atoms with Crippen molar-refractivity contribution < 1.29 is 18.9 Å². The van der Waals surface area contributed by atoms with Crippen LogP contribution < -0.4 is 0 Å². The van der Waals surface area contributed by atoms with Crippen LogP contribution in [0.15, 0.2) is 48.5 Å². The summed E-state index contributed by atoms with van der Waals surface area (Å²) in [6.07, 6.45) is 0. The summed E-state index contributed by atoms with van der Waals surface area (Å²) in [5.41, 5.74) is 1.01. The molecule has 0 spiro atoms. The fourth-order valence-corrected chi connectivity index (χ4v) is 2.80. The van der Waals surface area contributed by atoms with E-state index in [9.17, 15) is 9.59 Å². The van der Waals surface area contributed by atoms with Crippen molar-refractivity contribution in [3.8, 4) is 0 Å². The molecule has 0 aliphatic rings. The summed E-state index contributed by atoms with van der Waals surface area (Å²) in [6.45, 7) is 7.13. The molecule has 0 amide bonds. The molecule has 4 nitrogen and oxygen atoms in total. The Morgan fingerprint density at radius 1 is 1.00 bits per heavy atom. The number of ether oxygens (including phenoxy) is 1. The first-order valence-corrected chi connectivity index (χ1v) is 8.77. The van der Waals surface area contributed by atoms with E-state index in [4.69, 9.17) is 20.9 Å². The van der Waals surface area contributed by atoms with E-state index in [1.54, 1.807) is 79.3 Å². The van der Waals surface area contributed by atoms with Crippen molar-refractivity contribution in [2.24, 2.45) is 0 Å². The van der Waals surface area contributed by atoms with Crippen molar-refractivity contribution in [2.75, 3.05) is 0 Å². The molecule has 2 aromatic rings. The van der Waals surface area contributed by atoms with E-state index in [1.165, 1.54) is 0 Å². The predicted octanol–water partition coefficient (Wildman–Crippen LogP) is 5.43. The molecule has 0 bridgehead atoms. The fourth-order valence-electron chi connectivity index (χ4n) is 2.49. The molecule has 0 saturated carbocycles. The second-order valence-corrected chi connectivity index (χ2v) is 7.08. The van der Waals surface area contributed by atoms with Gasteiger partial charge in [-0.05, 0) is 44.9 Å². The molecule has 0 saturated heterocycles. The van der Waals surface area contributed by atoms with Gasteiger partial charge in [-0.25, -0.2) is 0 Å². The molecule has 1 unspecified atom stereocenters.